The highest BCUT2D eigenvalue weighted by molar-refractivity contribution is 5.84. The van der Waals surface area contributed by atoms with Crippen LogP contribution in [0.3, 0.4) is 0 Å². The van der Waals surface area contributed by atoms with Crippen molar-refractivity contribution in [1.29, 1.82) is 0 Å². The number of nitrogens with two attached hydrogens (primary N) is 1. The van der Waals surface area contributed by atoms with Gasteiger partial charge in [0.2, 0.25) is 5.91 Å². The van der Waals surface area contributed by atoms with Crippen LogP contribution in [0.25, 0.3) is 0 Å². The summed E-state index contributed by atoms with van der Waals surface area (Å²) in [6.07, 6.45) is 1.52. The third kappa shape index (κ3) is 3.53. The maximum atomic E-state index is 11.4. The Morgan fingerprint density at radius 2 is 2.17 bits per heavy atom. The summed E-state index contributed by atoms with van der Waals surface area (Å²) in [7, 11) is 0. The van der Waals surface area contributed by atoms with Gasteiger partial charge in [-0.15, -0.1) is 0 Å². The van der Waals surface area contributed by atoms with Crippen molar-refractivity contribution in [3.05, 3.63) is 11.6 Å². The topological polar surface area (TPSA) is 85.8 Å². The van der Waals surface area contributed by atoms with E-state index in [0.29, 0.717) is 6.42 Å². The molecule has 1 unspecified atom stereocenters. The van der Waals surface area contributed by atoms with Crippen LogP contribution in [-0.4, -0.2) is 32.8 Å². The molecule has 1 rings (SSSR count). The number of aryl methyl sites for hydroxylation is 3. The first kappa shape index (κ1) is 14.6. The molecule has 0 aliphatic carbocycles. The van der Waals surface area contributed by atoms with Gasteiger partial charge in [-0.25, -0.2) is 4.98 Å². The van der Waals surface area contributed by atoms with Gasteiger partial charge in [0.15, 0.2) is 0 Å². The van der Waals surface area contributed by atoms with E-state index in [1.54, 1.807) is 0 Å². The van der Waals surface area contributed by atoms with Crippen LogP contribution in [0, 0.1) is 13.8 Å². The molecule has 0 saturated carbocycles. The Hall–Kier alpha value is -1.43. The minimum Gasteiger partial charge on any atom is -0.368 e. The molecule has 0 aromatic carbocycles. The van der Waals surface area contributed by atoms with E-state index < -0.39 is 5.54 Å². The summed E-state index contributed by atoms with van der Waals surface area (Å²) in [4.78, 5) is 15.7. The van der Waals surface area contributed by atoms with Gasteiger partial charge >= 0.3 is 0 Å². The fourth-order valence-corrected chi connectivity index (χ4v) is 2.04. The average molecular weight is 253 g/mol. The second kappa shape index (κ2) is 5.95. The number of likely N-dealkylation sites (N-methyl/N-ethyl adjacent to an activating group) is 1. The van der Waals surface area contributed by atoms with E-state index in [4.69, 9.17) is 5.73 Å². The van der Waals surface area contributed by atoms with E-state index in [1.807, 2.05) is 32.4 Å². The Morgan fingerprint density at radius 1 is 1.50 bits per heavy atom. The predicted molar refractivity (Wildman–Crippen MR) is 70.0 cm³/mol. The number of nitrogens with one attached hydrogen (secondary N) is 1. The smallest absolute Gasteiger partial charge is 0.237 e. The maximum Gasteiger partial charge on any atom is 0.237 e. The average Bonchev–Trinajstić information content (AvgIpc) is 2.57. The minimum absolute atomic E-state index is 0.309. The molecule has 18 heavy (non-hydrogen) atoms. The summed E-state index contributed by atoms with van der Waals surface area (Å²) in [5, 5.41) is 7.43. The van der Waals surface area contributed by atoms with Gasteiger partial charge in [-0.2, -0.15) is 5.10 Å². The van der Waals surface area contributed by atoms with E-state index in [2.05, 4.69) is 15.4 Å². The normalized spacial score (nSPS) is 14.4. The van der Waals surface area contributed by atoms with Crippen LogP contribution in [-0.2, 0) is 11.3 Å². The zero-order chi connectivity index (χ0) is 13.8. The highest BCUT2D eigenvalue weighted by Gasteiger charge is 2.29. The van der Waals surface area contributed by atoms with Crippen LogP contribution in [0.15, 0.2) is 0 Å². The summed E-state index contributed by atoms with van der Waals surface area (Å²) in [5.41, 5.74) is 4.79. The fraction of sp³-hybridized carbons (Fsp3) is 0.750. The van der Waals surface area contributed by atoms with Crippen LogP contribution < -0.4 is 11.1 Å². The lowest BCUT2D eigenvalue weighted by Gasteiger charge is -2.26. The van der Waals surface area contributed by atoms with Crippen molar-refractivity contribution in [3.8, 4) is 0 Å². The van der Waals surface area contributed by atoms with Gasteiger partial charge in [0.1, 0.15) is 11.6 Å². The Balaban J connectivity index is 2.54. The van der Waals surface area contributed by atoms with E-state index in [1.165, 1.54) is 0 Å². The molecular formula is C12H23N5O. The number of carbonyl (C=O) groups is 1. The Morgan fingerprint density at radius 3 is 2.61 bits per heavy atom. The summed E-state index contributed by atoms with van der Waals surface area (Å²) in [6.45, 7) is 9.08. The third-order valence-corrected chi connectivity index (χ3v) is 3.12. The molecule has 3 N–H and O–H groups in total. The van der Waals surface area contributed by atoms with E-state index >= 15 is 0 Å². The molecule has 6 nitrogen and oxygen atoms in total. The lowest BCUT2D eigenvalue weighted by molar-refractivity contribution is -0.124. The molecule has 0 bridgehead atoms. The molecule has 0 aliphatic heterocycles. The Labute approximate surface area is 108 Å². The van der Waals surface area contributed by atoms with Gasteiger partial charge in [0, 0.05) is 6.54 Å². The molecule has 6 heteroatoms. The van der Waals surface area contributed by atoms with Crippen molar-refractivity contribution in [2.24, 2.45) is 5.73 Å². The third-order valence-electron chi connectivity index (χ3n) is 3.12. The van der Waals surface area contributed by atoms with Crippen molar-refractivity contribution in [2.75, 3.05) is 6.54 Å². The zero-order valence-corrected chi connectivity index (χ0v) is 11.7. The van der Waals surface area contributed by atoms with E-state index in [-0.39, 0.29) is 5.91 Å². The fourth-order valence-electron chi connectivity index (χ4n) is 2.04. The highest BCUT2D eigenvalue weighted by Crippen LogP contribution is 2.13. The molecule has 0 saturated heterocycles. The first-order chi connectivity index (χ1) is 8.39. The minimum atomic E-state index is -0.641. The summed E-state index contributed by atoms with van der Waals surface area (Å²) in [6, 6.07) is 0. The van der Waals surface area contributed by atoms with Crippen LogP contribution in [0.5, 0.6) is 0 Å². The molecule has 1 amide bonds. The lowest BCUT2D eigenvalue weighted by Crippen LogP contribution is -2.53. The number of nitrogens with zero attached hydrogens (tertiary/aromatic N) is 3. The van der Waals surface area contributed by atoms with Crippen molar-refractivity contribution < 1.29 is 4.79 Å². The van der Waals surface area contributed by atoms with Crippen molar-refractivity contribution in [2.45, 2.75) is 52.6 Å². The van der Waals surface area contributed by atoms with Crippen LogP contribution in [0.2, 0.25) is 0 Å². The largest absolute Gasteiger partial charge is 0.368 e. The van der Waals surface area contributed by atoms with Gasteiger partial charge in [0.25, 0.3) is 0 Å². The summed E-state index contributed by atoms with van der Waals surface area (Å²) >= 11 is 0. The molecule has 1 atom stereocenters. The number of hydrogen-bond acceptors (Lipinski definition) is 4. The molecule has 0 fully saturated rings. The molecule has 102 valence electrons. The van der Waals surface area contributed by atoms with Gasteiger partial charge in [-0.3, -0.25) is 9.48 Å². The molecular weight excluding hydrogens is 230 g/mol. The van der Waals surface area contributed by atoms with Gasteiger partial charge in [-0.1, -0.05) is 6.92 Å². The number of primary amides is 1. The monoisotopic (exact) mass is 253 g/mol. The number of amides is 1. The Bertz CT molecular complexity index is 415. The summed E-state index contributed by atoms with van der Waals surface area (Å²) in [5.74, 6) is 1.37. The standard InChI is InChI=1S/C12H23N5O/c1-5-14-12(4,11(13)18)7-6-8-17-10(3)15-9(2)16-17/h14H,5-8H2,1-4H3,(H2,13,18). The van der Waals surface area contributed by atoms with Crippen LogP contribution >= 0.6 is 0 Å². The number of carbonyl (C=O) groups excluding carboxylic acids is 1. The lowest BCUT2D eigenvalue weighted by atomic mass is 9.95. The van der Waals surface area contributed by atoms with Gasteiger partial charge < -0.3 is 11.1 Å². The quantitative estimate of drug-likeness (QED) is 0.742. The van der Waals surface area contributed by atoms with E-state index in [0.717, 1.165) is 31.2 Å². The SMILES string of the molecule is CCNC(C)(CCCn1nc(C)nc1C)C(N)=O. The summed E-state index contributed by atoms with van der Waals surface area (Å²) < 4.78 is 1.86. The maximum absolute atomic E-state index is 11.4. The van der Waals surface area contributed by atoms with Crippen molar-refractivity contribution in [1.82, 2.24) is 20.1 Å². The van der Waals surface area contributed by atoms with Crippen molar-refractivity contribution in [3.63, 3.8) is 0 Å². The zero-order valence-electron chi connectivity index (χ0n) is 11.7. The number of aromatic nitrogens is 3. The first-order valence-electron chi connectivity index (χ1n) is 6.32. The highest BCUT2D eigenvalue weighted by atomic mass is 16.1. The van der Waals surface area contributed by atoms with Crippen LogP contribution in [0.1, 0.15) is 38.3 Å². The molecule has 1 aromatic heterocycles. The number of hydrogen-bond donors (Lipinski definition) is 2. The van der Waals surface area contributed by atoms with Crippen molar-refractivity contribution >= 4 is 5.91 Å². The van der Waals surface area contributed by atoms with E-state index in [9.17, 15) is 4.79 Å². The van der Waals surface area contributed by atoms with Gasteiger partial charge in [-0.05, 0) is 40.2 Å². The first-order valence-corrected chi connectivity index (χ1v) is 6.32. The molecule has 0 spiro atoms. The predicted octanol–water partition coefficient (Wildman–Crippen LogP) is 0.529. The second-order valence-corrected chi connectivity index (χ2v) is 4.76. The molecule has 1 aromatic rings. The second-order valence-electron chi connectivity index (χ2n) is 4.76. The van der Waals surface area contributed by atoms with Crippen LogP contribution in [0.4, 0.5) is 0 Å². The molecule has 0 aliphatic rings. The molecule has 0 radical (unpaired) electrons. The number of rotatable bonds is 7. The molecule has 1 heterocycles. The van der Waals surface area contributed by atoms with Gasteiger partial charge in [0.05, 0.1) is 5.54 Å². The Kier molecular flexibility index (Phi) is 4.84.